The summed E-state index contributed by atoms with van der Waals surface area (Å²) in [4.78, 5) is 17.4. The highest BCUT2D eigenvalue weighted by Crippen LogP contribution is 2.25. The zero-order valence-corrected chi connectivity index (χ0v) is 17.1. The second-order valence-electron chi connectivity index (χ2n) is 6.55. The molecule has 0 radical (unpaired) electrons. The number of fused-ring (bicyclic) bond motifs is 1. The molecule has 0 aliphatic rings. The van der Waals surface area contributed by atoms with Crippen LogP contribution in [-0.2, 0) is 11.4 Å². The molecule has 0 saturated carbocycles. The highest BCUT2D eigenvalue weighted by molar-refractivity contribution is 7.98. The Hall–Kier alpha value is -3.25. The summed E-state index contributed by atoms with van der Waals surface area (Å²) >= 11 is 1.70. The first kappa shape index (κ1) is 19.1. The summed E-state index contributed by atoms with van der Waals surface area (Å²) < 4.78 is 8.08. The Morgan fingerprint density at radius 1 is 1.07 bits per heavy atom. The SMILES string of the molecule is CSc1ccc(OCc2nc3ccccc3n2-c2cccc(NC(C)=O)c2)cc1. The van der Waals surface area contributed by atoms with Crippen LogP contribution in [0.4, 0.5) is 5.69 Å². The first-order valence-electron chi connectivity index (χ1n) is 9.25. The van der Waals surface area contributed by atoms with Crippen LogP contribution in [-0.4, -0.2) is 21.7 Å². The zero-order valence-electron chi connectivity index (χ0n) is 16.3. The normalized spacial score (nSPS) is 10.8. The molecule has 0 atom stereocenters. The third-order valence-corrected chi connectivity index (χ3v) is 5.23. The summed E-state index contributed by atoms with van der Waals surface area (Å²) in [5, 5.41) is 2.84. The van der Waals surface area contributed by atoms with Crippen LogP contribution in [0, 0.1) is 0 Å². The molecule has 1 amide bonds. The Balaban J connectivity index is 1.70. The lowest BCUT2D eigenvalue weighted by molar-refractivity contribution is -0.114. The third kappa shape index (κ3) is 4.27. The fourth-order valence-electron chi connectivity index (χ4n) is 3.21. The van der Waals surface area contributed by atoms with Gasteiger partial charge in [0.05, 0.1) is 11.0 Å². The van der Waals surface area contributed by atoms with Crippen molar-refractivity contribution < 1.29 is 9.53 Å². The standard InChI is InChI=1S/C23H21N3O2S/c1-16(27)24-17-6-5-7-18(14-17)26-22-9-4-3-8-21(22)25-23(26)15-28-19-10-12-20(29-2)13-11-19/h3-14H,15H2,1-2H3,(H,24,27). The van der Waals surface area contributed by atoms with Crippen LogP contribution in [0.15, 0.2) is 77.7 Å². The van der Waals surface area contributed by atoms with Crippen molar-refractivity contribution in [2.24, 2.45) is 0 Å². The number of rotatable bonds is 6. The number of benzene rings is 3. The Bertz CT molecular complexity index is 1150. The predicted molar refractivity (Wildman–Crippen MR) is 118 cm³/mol. The molecule has 0 fully saturated rings. The lowest BCUT2D eigenvalue weighted by atomic mass is 10.2. The van der Waals surface area contributed by atoms with E-state index in [1.165, 1.54) is 11.8 Å². The van der Waals surface area contributed by atoms with Gasteiger partial charge in [0.2, 0.25) is 5.91 Å². The lowest BCUT2D eigenvalue weighted by Gasteiger charge is -2.12. The summed E-state index contributed by atoms with van der Waals surface area (Å²) in [5.74, 6) is 1.49. The fourth-order valence-corrected chi connectivity index (χ4v) is 3.61. The number of carbonyl (C=O) groups excluding carboxylic acids is 1. The molecule has 5 nitrogen and oxygen atoms in total. The molecule has 0 saturated heterocycles. The van der Waals surface area contributed by atoms with Gasteiger partial charge in [0, 0.05) is 23.2 Å². The highest BCUT2D eigenvalue weighted by atomic mass is 32.2. The number of nitrogens with zero attached hydrogens (tertiary/aromatic N) is 2. The number of amides is 1. The summed E-state index contributed by atoms with van der Waals surface area (Å²) in [5.41, 5.74) is 3.55. The van der Waals surface area contributed by atoms with Crippen molar-refractivity contribution in [1.29, 1.82) is 0 Å². The van der Waals surface area contributed by atoms with E-state index < -0.39 is 0 Å². The fraction of sp³-hybridized carbons (Fsp3) is 0.130. The van der Waals surface area contributed by atoms with Crippen LogP contribution >= 0.6 is 11.8 Å². The Morgan fingerprint density at radius 3 is 2.62 bits per heavy atom. The van der Waals surface area contributed by atoms with Gasteiger partial charge < -0.3 is 10.1 Å². The van der Waals surface area contributed by atoms with E-state index in [1.807, 2.05) is 79.1 Å². The summed E-state index contributed by atoms with van der Waals surface area (Å²) in [7, 11) is 0. The lowest BCUT2D eigenvalue weighted by Crippen LogP contribution is -2.08. The number of nitrogens with one attached hydrogen (secondary N) is 1. The van der Waals surface area contributed by atoms with Crippen molar-refractivity contribution >= 4 is 34.4 Å². The van der Waals surface area contributed by atoms with Crippen molar-refractivity contribution in [3.63, 3.8) is 0 Å². The summed E-state index contributed by atoms with van der Waals surface area (Å²) in [6, 6.07) is 23.7. The van der Waals surface area contributed by atoms with Gasteiger partial charge in [-0.15, -0.1) is 11.8 Å². The molecule has 0 aliphatic carbocycles. The molecule has 0 spiro atoms. The smallest absolute Gasteiger partial charge is 0.221 e. The van der Waals surface area contributed by atoms with Crippen LogP contribution in [0.25, 0.3) is 16.7 Å². The number of hydrogen-bond donors (Lipinski definition) is 1. The Kier molecular flexibility index (Phi) is 5.53. The molecule has 1 aromatic heterocycles. The largest absolute Gasteiger partial charge is 0.486 e. The molecule has 29 heavy (non-hydrogen) atoms. The first-order valence-corrected chi connectivity index (χ1v) is 10.5. The van der Waals surface area contributed by atoms with Gasteiger partial charge in [-0.05, 0) is 60.9 Å². The maximum Gasteiger partial charge on any atom is 0.221 e. The number of hydrogen-bond acceptors (Lipinski definition) is 4. The van der Waals surface area contributed by atoms with Crippen molar-refractivity contribution in [3.05, 3.63) is 78.6 Å². The molecule has 1 N–H and O–H groups in total. The topological polar surface area (TPSA) is 56.1 Å². The minimum atomic E-state index is -0.102. The van der Waals surface area contributed by atoms with Gasteiger partial charge in [-0.25, -0.2) is 4.98 Å². The molecule has 146 valence electrons. The van der Waals surface area contributed by atoms with E-state index in [-0.39, 0.29) is 5.91 Å². The minimum absolute atomic E-state index is 0.102. The van der Waals surface area contributed by atoms with E-state index in [1.54, 1.807) is 11.8 Å². The summed E-state index contributed by atoms with van der Waals surface area (Å²) in [6.45, 7) is 1.83. The molecule has 0 unspecified atom stereocenters. The van der Waals surface area contributed by atoms with Gasteiger partial charge >= 0.3 is 0 Å². The zero-order chi connectivity index (χ0) is 20.2. The molecular formula is C23H21N3O2S. The molecule has 6 heteroatoms. The van der Waals surface area contributed by atoms with Gasteiger partial charge in [-0.2, -0.15) is 0 Å². The van der Waals surface area contributed by atoms with Crippen molar-refractivity contribution in [2.75, 3.05) is 11.6 Å². The quantitative estimate of drug-likeness (QED) is 0.445. The number of para-hydroxylation sites is 2. The maximum atomic E-state index is 11.4. The van der Waals surface area contributed by atoms with E-state index >= 15 is 0 Å². The number of thioether (sulfide) groups is 1. The van der Waals surface area contributed by atoms with Crippen LogP contribution in [0.5, 0.6) is 5.75 Å². The number of imidazole rings is 1. The molecule has 0 bridgehead atoms. The summed E-state index contributed by atoms with van der Waals surface area (Å²) in [6.07, 6.45) is 2.05. The van der Waals surface area contributed by atoms with Crippen molar-refractivity contribution in [2.45, 2.75) is 18.4 Å². The maximum absolute atomic E-state index is 11.4. The number of anilines is 1. The highest BCUT2D eigenvalue weighted by Gasteiger charge is 2.13. The Morgan fingerprint density at radius 2 is 1.86 bits per heavy atom. The van der Waals surface area contributed by atoms with Crippen LogP contribution in [0.3, 0.4) is 0 Å². The van der Waals surface area contributed by atoms with Gasteiger partial charge in [0.1, 0.15) is 12.4 Å². The van der Waals surface area contributed by atoms with E-state index in [2.05, 4.69) is 9.88 Å². The Labute approximate surface area is 173 Å². The first-order chi connectivity index (χ1) is 14.1. The van der Waals surface area contributed by atoms with Gasteiger partial charge in [0.25, 0.3) is 0 Å². The minimum Gasteiger partial charge on any atom is -0.486 e. The molecule has 4 aromatic rings. The van der Waals surface area contributed by atoms with E-state index in [4.69, 9.17) is 9.72 Å². The van der Waals surface area contributed by atoms with E-state index in [9.17, 15) is 4.79 Å². The van der Waals surface area contributed by atoms with Crippen LogP contribution in [0.2, 0.25) is 0 Å². The molecule has 3 aromatic carbocycles. The van der Waals surface area contributed by atoms with Crippen molar-refractivity contribution in [3.8, 4) is 11.4 Å². The van der Waals surface area contributed by atoms with Crippen molar-refractivity contribution in [1.82, 2.24) is 9.55 Å². The number of ether oxygens (including phenoxy) is 1. The second-order valence-corrected chi connectivity index (χ2v) is 7.43. The van der Waals surface area contributed by atoms with E-state index in [0.717, 1.165) is 34.0 Å². The van der Waals surface area contributed by atoms with Gasteiger partial charge in [-0.3, -0.25) is 9.36 Å². The number of aromatic nitrogens is 2. The molecule has 4 rings (SSSR count). The number of carbonyl (C=O) groups is 1. The predicted octanol–water partition coefficient (Wildman–Crippen LogP) is 5.28. The van der Waals surface area contributed by atoms with Gasteiger partial charge in [0.15, 0.2) is 5.82 Å². The van der Waals surface area contributed by atoms with E-state index in [0.29, 0.717) is 6.61 Å². The monoisotopic (exact) mass is 403 g/mol. The second kappa shape index (κ2) is 8.41. The van der Waals surface area contributed by atoms with Gasteiger partial charge in [-0.1, -0.05) is 18.2 Å². The average molecular weight is 404 g/mol. The average Bonchev–Trinajstić information content (AvgIpc) is 3.11. The third-order valence-electron chi connectivity index (χ3n) is 4.48. The molecular weight excluding hydrogens is 382 g/mol. The van der Waals surface area contributed by atoms with Crippen LogP contribution < -0.4 is 10.1 Å². The molecule has 0 aliphatic heterocycles. The molecule has 1 heterocycles. The van der Waals surface area contributed by atoms with Crippen LogP contribution in [0.1, 0.15) is 12.7 Å².